The quantitative estimate of drug-likeness (QED) is 0.616. The zero-order valence-corrected chi connectivity index (χ0v) is 17.4. The van der Waals surface area contributed by atoms with Gasteiger partial charge in [0.05, 0.1) is 11.3 Å². The van der Waals surface area contributed by atoms with Crippen LogP contribution in [0.1, 0.15) is 29.8 Å². The maximum Gasteiger partial charge on any atom is 0.253 e. The minimum atomic E-state index is -0.122. The summed E-state index contributed by atoms with van der Waals surface area (Å²) < 4.78 is 0. The molecule has 0 bridgehead atoms. The van der Waals surface area contributed by atoms with Crippen molar-refractivity contribution >= 4 is 28.3 Å². The molecule has 5 heteroatoms. The topological polar surface area (TPSA) is 45.2 Å². The lowest BCUT2D eigenvalue weighted by Crippen LogP contribution is -2.34. The second-order valence-electron chi connectivity index (χ2n) is 6.81. The summed E-state index contributed by atoms with van der Waals surface area (Å²) in [6, 6.07) is 13.8. The molecule has 0 aliphatic rings. The number of halogens is 1. The van der Waals surface area contributed by atoms with Crippen LogP contribution >= 0.6 is 11.6 Å². The van der Waals surface area contributed by atoms with E-state index in [4.69, 9.17) is 11.6 Å². The Bertz CT molecular complexity index is 983. The summed E-state index contributed by atoms with van der Waals surface area (Å²) >= 11 is 6.25. The molecule has 0 radical (unpaired) electrons. The zero-order chi connectivity index (χ0) is 20.1. The highest BCUT2D eigenvalue weighted by atomic mass is 35.5. The third-order valence-corrected chi connectivity index (χ3v) is 5.34. The molecule has 3 aromatic rings. The van der Waals surface area contributed by atoms with Gasteiger partial charge in [0, 0.05) is 35.3 Å². The van der Waals surface area contributed by atoms with Crippen LogP contribution in [0.25, 0.3) is 22.0 Å². The van der Waals surface area contributed by atoms with E-state index >= 15 is 0 Å². The van der Waals surface area contributed by atoms with Crippen LogP contribution in [-0.2, 0) is 0 Å². The Morgan fingerprint density at radius 2 is 1.86 bits per heavy atom. The Morgan fingerprint density at radius 3 is 2.57 bits per heavy atom. The number of rotatable bonds is 7. The average Bonchev–Trinajstić information content (AvgIpc) is 2.70. The highest BCUT2D eigenvalue weighted by Crippen LogP contribution is 2.32. The molecule has 28 heavy (non-hydrogen) atoms. The molecule has 2 aromatic carbocycles. The summed E-state index contributed by atoms with van der Waals surface area (Å²) in [7, 11) is 0. The summed E-state index contributed by atoms with van der Waals surface area (Å²) in [6.07, 6.45) is 1.66. The number of nitrogens with one attached hydrogen (secondary N) is 1. The molecule has 0 atom stereocenters. The van der Waals surface area contributed by atoms with Gasteiger partial charge in [-0.15, -0.1) is 0 Å². The summed E-state index contributed by atoms with van der Waals surface area (Å²) in [4.78, 5) is 19.8. The normalized spacial score (nSPS) is 11.2. The Labute approximate surface area is 171 Å². The smallest absolute Gasteiger partial charge is 0.253 e. The third kappa shape index (κ3) is 4.34. The van der Waals surface area contributed by atoms with Gasteiger partial charge in [0.25, 0.3) is 5.91 Å². The number of likely N-dealkylation sites (N-methyl/N-ethyl adjacent to an activating group) is 1. The third-order valence-electron chi connectivity index (χ3n) is 5.10. The van der Waals surface area contributed by atoms with Crippen molar-refractivity contribution in [1.82, 2.24) is 15.2 Å². The molecule has 0 spiro atoms. The Kier molecular flexibility index (Phi) is 6.65. The molecule has 1 aromatic heterocycles. The first-order valence-electron chi connectivity index (χ1n) is 9.70. The van der Waals surface area contributed by atoms with E-state index in [1.165, 1.54) is 0 Å². The fourth-order valence-electron chi connectivity index (χ4n) is 3.41. The van der Waals surface area contributed by atoms with Gasteiger partial charge < -0.3 is 10.2 Å². The number of pyridine rings is 1. The number of hydrogen-bond acceptors (Lipinski definition) is 3. The number of fused-ring (bicyclic) bond motifs is 1. The second-order valence-corrected chi connectivity index (χ2v) is 7.24. The first-order valence-corrected chi connectivity index (χ1v) is 10.1. The summed E-state index contributed by atoms with van der Waals surface area (Å²) in [5.74, 6) is -0.122. The van der Waals surface area contributed by atoms with E-state index in [0.717, 1.165) is 47.2 Å². The average molecular weight is 396 g/mol. The Hall–Kier alpha value is -2.43. The molecule has 4 nitrogen and oxygen atoms in total. The molecule has 0 fully saturated rings. The van der Waals surface area contributed by atoms with Gasteiger partial charge in [0.15, 0.2) is 0 Å². The standard InChI is InChI=1S/C23H26ClN3O/c1-4-27(5-2)13-12-25-23(28)21-15-26-22(18-9-7-6-8-16(18)3)19-11-10-17(24)14-20(19)21/h6-11,14-15H,4-5,12-13H2,1-3H3,(H,25,28). The van der Waals surface area contributed by atoms with E-state index in [0.29, 0.717) is 17.1 Å². The molecule has 3 rings (SSSR count). The number of aromatic nitrogens is 1. The number of nitrogens with zero attached hydrogens (tertiary/aromatic N) is 2. The molecule has 0 saturated carbocycles. The fourth-order valence-corrected chi connectivity index (χ4v) is 3.58. The fraction of sp³-hybridized carbons (Fsp3) is 0.304. The van der Waals surface area contributed by atoms with E-state index < -0.39 is 0 Å². The van der Waals surface area contributed by atoms with Crippen molar-refractivity contribution < 1.29 is 4.79 Å². The van der Waals surface area contributed by atoms with Crippen LogP contribution in [0.2, 0.25) is 5.02 Å². The van der Waals surface area contributed by atoms with Gasteiger partial charge in [-0.3, -0.25) is 9.78 Å². The van der Waals surface area contributed by atoms with Gasteiger partial charge >= 0.3 is 0 Å². The van der Waals surface area contributed by atoms with Crippen LogP contribution in [0.4, 0.5) is 0 Å². The van der Waals surface area contributed by atoms with Gasteiger partial charge in [-0.05, 0) is 43.1 Å². The summed E-state index contributed by atoms with van der Waals surface area (Å²) in [6.45, 7) is 9.67. The Balaban J connectivity index is 1.96. The number of carbonyl (C=O) groups excluding carboxylic acids is 1. The summed E-state index contributed by atoms with van der Waals surface area (Å²) in [5, 5.41) is 5.37. The van der Waals surface area contributed by atoms with Crippen molar-refractivity contribution in [3.8, 4) is 11.3 Å². The van der Waals surface area contributed by atoms with Crippen molar-refractivity contribution in [2.24, 2.45) is 0 Å². The molecule has 0 aliphatic heterocycles. The van der Waals surface area contributed by atoms with Crippen LogP contribution in [0, 0.1) is 6.92 Å². The second kappa shape index (κ2) is 9.18. The maximum atomic E-state index is 12.8. The molecule has 146 valence electrons. The molecular formula is C23H26ClN3O. The van der Waals surface area contributed by atoms with Crippen molar-refractivity contribution in [3.05, 3.63) is 64.8 Å². The Morgan fingerprint density at radius 1 is 1.11 bits per heavy atom. The van der Waals surface area contributed by atoms with Gasteiger partial charge in [-0.2, -0.15) is 0 Å². The maximum absolute atomic E-state index is 12.8. The van der Waals surface area contributed by atoms with Crippen LogP contribution in [0.3, 0.4) is 0 Å². The molecule has 1 heterocycles. The number of benzene rings is 2. The lowest BCUT2D eigenvalue weighted by atomic mass is 9.98. The SMILES string of the molecule is CCN(CC)CCNC(=O)c1cnc(-c2ccccc2C)c2ccc(Cl)cc12. The van der Waals surface area contributed by atoms with E-state index in [9.17, 15) is 4.79 Å². The molecule has 1 N–H and O–H groups in total. The molecular weight excluding hydrogens is 370 g/mol. The molecule has 1 amide bonds. The van der Waals surface area contributed by atoms with Crippen molar-refractivity contribution in [2.45, 2.75) is 20.8 Å². The van der Waals surface area contributed by atoms with Crippen molar-refractivity contribution in [1.29, 1.82) is 0 Å². The zero-order valence-electron chi connectivity index (χ0n) is 16.6. The highest BCUT2D eigenvalue weighted by Gasteiger charge is 2.16. The van der Waals surface area contributed by atoms with Crippen LogP contribution < -0.4 is 5.32 Å². The highest BCUT2D eigenvalue weighted by molar-refractivity contribution is 6.31. The van der Waals surface area contributed by atoms with Gasteiger partial charge in [0.1, 0.15) is 0 Å². The monoisotopic (exact) mass is 395 g/mol. The number of amides is 1. The van der Waals surface area contributed by atoms with Crippen molar-refractivity contribution in [3.63, 3.8) is 0 Å². The molecule has 0 unspecified atom stereocenters. The first kappa shape index (κ1) is 20.3. The molecule has 0 saturated heterocycles. The van der Waals surface area contributed by atoms with Crippen LogP contribution in [0.5, 0.6) is 0 Å². The lowest BCUT2D eigenvalue weighted by molar-refractivity contribution is 0.0950. The minimum Gasteiger partial charge on any atom is -0.351 e. The predicted molar refractivity (Wildman–Crippen MR) is 117 cm³/mol. The van der Waals surface area contributed by atoms with Crippen LogP contribution in [0.15, 0.2) is 48.7 Å². The predicted octanol–water partition coefficient (Wildman–Crippen LogP) is 4.94. The van der Waals surface area contributed by atoms with Gasteiger partial charge in [-0.1, -0.05) is 55.8 Å². The first-order chi connectivity index (χ1) is 13.5. The van der Waals surface area contributed by atoms with Crippen LogP contribution in [-0.4, -0.2) is 42.0 Å². The van der Waals surface area contributed by atoms with Gasteiger partial charge in [-0.25, -0.2) is 0 Å². The van der Waals surface area contributed by atoms with E-state index in [1.54, 1.807) is 6.20 Å². The number of carbonyl (C=O) groups is 1. The van der Waals surface area contributed by atoms with E-state index in [1.807, 2.05) is 30.3 Å². The lowest BCUT2D eigenvalue weighted by Gasteiger charge is -2.18. The largest absolute Gasteiger partial charge is 0.351 e. The number of aryl methyl sites for hydroxylation is 1. The number of hydrogen-bond donors (Lipinski definition) is 1. The van der Waals surface area contributed by atoms with E-state index in [2.05, 4.69) is 48.1 Å². The summed E-state index contributed by atoms with van der Waals surface area (Å²) in [5.41, 5.74) is 3.62. The van der Waals surface area contributed by atoms with Gasteiger partial charge in [0.2, 0.25) is 0 Å². The van der Waals surface area contributed by atoms with E-state index in [-0.39, 0.29) is 5.91 Å². The minimum absolute atomic E-state index is 0.122. The van der Waals surface area contributed by atoms with Crippen molar-refractivity contribution in [2.75, 3.05) is 26.2 Å². The molecule has 0 aliphatic carbocycles.